The molecule has 7 nitrogen and oxygen atoms in total. The molecule has 1 aromatic heterocycles. The maximum absolute atomic E-state index is 12.5. The summed E-state index contributed by atoms with van der Waals surface area (Å²) in [5.74, 6) is -2.63. The van der Waals surface area contributed by atoms with Gasteiger partial charge in [-0.3, -0.25) is 0 Å². The van der Waals surface area contributed by atoms with Crippen LogP contribution in [0.25, 0.3) is 0 Å². The number of halogens is 3. The van der Waals surface area contributed by atoms with Crippen LogP contribution in [-0.4, -0.2) is 25.8 Å². The largest absolute Gasteiger partial charge is 0.480 e. The molecule has 1 N–H and O–H groups in total. The van der Waals surface area contributed by atoms with Gasteiger partial charge in [0, 0.05) is 0 Å². The van der Waals surface area contributed by atoms with E-state index < -0.39 is 34.6 Å². The zero-order chi connectivity index (χ0) is 13.4. The Morgan fingerprint density at radius 3 is 2.53 bits per heavy atom. The van der Waals surface area contributed by atoms with Crippen molar-refractivity contribution in [1.29, 1.82) is 0 Å². The fourth-order valence-electron chi connectivity index (χ4n) is 1.08. The Bertz CT molecular complexity index is 467. The predicted octanol–water partition coefficient (Wildman–Crippen LogP) is 1.46. The average molecular weight is 253 g/mol. The van der Waals surface area contributed by atoms with Gasteiger partial charge in [0.1, 0.15) is 0 Å². The second kappa shape index (κ2) is 4.03. The van der Waals surface area contributed by atoms with Crippen LogP contribution in [0.3, 0.4) is 0 Å². The maximum atomic E-state index is 12.5. The Morgan fingerprint density at radius 1 is 1.65 bits per heavy atom. The number of nitro groups is 1. The third-order valence-corrected chi connectivity index (χ3v) is 1.92. The summed E-state index contributed by atoms with van der Waals surface area (Å²) in [6.07, 6.45) is -4.91. The lowest BCUT2D eigenvalue weighted by atomic mass is 10.3. The minimum atomic E-state index is -4.91. The SMILES string of the molecule is C[C@H](C(=O)O)n1nc([N+](=O)[O-])cc1C(F)(F)F. The lowest BCUT2D eigenvalue weighted by molar-refractivity contribution is -0.389. The molecule has 0 saturated carbocycles. The highest BCUT2D eigenvalue weighted by Gasteiger charge is 2.41. The van der Waals surface area contributed by atoms with Crippen LogP contribution in [0.15, 0.2) is 6.07 Å². The lowest BCUT2D eigenvalue weighted by Crippen LogP contribution is -2.23. The van der Waals surface area contributed by atoms with E-state index in [-0.39, 0.29) is 10.7 Å². The van der Waals surface area contributed by atoms with Gasteiger partial charge in [-0.2, -0.15) is 17.9 Å². The fraction of sp³-hybridized carbons (Fsp3) is 0.429. The number of aromatic nitrogens is 2. The number of carbonyl (C=O) groups is 1. The molecule has 0 aliphatic rings. The van der Waals surface area contributed by atoms with E-state index in [0.29, 0.717) is 0 Å². The normalized spacial score (nSPS) is 13.4. The van der Waals surface area contributed by atoms with Gasteiger partial charge < -0.3 is 15.2 Å². The van der Waals surface area contributed by atoms with Crippen molar-refractivity contribution in [2.24, 2.45) is 0 Å². The molecule has 94 valence electrons. The van der Waals surface area contributed by atoms with Crippen molar-refractivity contribution in [3.8, 4) is 0 Å². The van der Waals surface area contributed by atoms with Crippen molar-refractivity contribution < 1.29 is 28.0 Å². The standard InChI is InChI=1S/C7H6F3N3O4/c1-3(6(14)15)12-4(7(8,9)10)2-5(11-12)13(16)17/h2-3H,1H3,(H,14,15)/t3-/m1/s1. The molecule has 0 unspecified atom stereocenters. The van der Waals surface area contributed by atoms with E-state index in [1.165, 1.54) is 0 Å². The molecule has 0 bridgehead atoms. The van der Waals surface area contributed by atoms with E-state index in [0.717, 1.165) is 6.92 Å². The monoisotopic (exact) mass is 253 g/mol. The van der Waals surface area contributed by atoms with Crippen LogP contribution in [0.4, 0.5) is 19.0 Å². The second-order valence-corrected chi connectivity index (χ2v) is 3.10. The molecule has 1 rings (SSSR count). The molecule has 0 fully saturated rings. The molecule has 10 heteroatoms. The molecular weight excluding hydrogens is 247 g/mol. The Labute approximate surface area is 91.6 Å². The Balaban J connectivity index is 3.36. The molecule has 0 amide bonds. The topological polar surface area (TPSA) is 98.3 Å². The highest BCUT2D eigenvalue weighted by atomic mass is 19.4. The number of rotatable bonds is 3. The van der Waals surface area contributed by atoms with Crippen LogP contribution in [0.1, 0.15) is 18.7 Å². The number of alkyl halides is 3. The van der Waals surface area contributed by atoms with Crippen LogP contribution < -0.4 is 0 Å². The van der Waals surface area contributed by atoms with Gasteiger partial charge in [-0.05, 0) is 11.8 Å². The van der Waals surface area contributed by atoms with Crippen LogP contribution in [0, 0.1) is 10.1 Å². The number of hydrogen-bond acceptors (Lipinski definition) is 4. The third kappa shape index (κ3) is 2.52. The third-order valence-electron chi connectivity index (χ3n) is 1.92. The molecule has 0 aromatic carbocycles. The number of nitrogens with zero attached hydrogens (tertiary/aromatic N) is 3. The summed E-state index contributed by atoms with van der Waals surface area (Å²) in [5, 5.41) is 21.9. The first-order chi connectivity index (χ1) is 7.64. The lowest BCUT2D eigenvalue weighted by Gasteiger charge is -2.09. The summed E-state index contributed by atoms with van der Waals surface area (Å²) in [6.45, 7) is 0.939. The summed E-state index contributed by atoms with van der Waals surface area (Å²) < 4.78 is 37.5. The van der Waals surface area contributed by atoms with Crippen LogP contribution >= 0.6 is 0 Å². The molecule has 0 saturated heterocycles. The van der Waals surface area contributed by atoms with Crippen molar-refractivity contribution in [3.63, 3.8) is 0 Å². The average Bonchev–Trinajstić information content (AvgIpc) is 2.59. The fourth-order valence-corrected chi connectivity index (χ4v) is 1.08. The number of aliphatic carboxylic acids is 1. The van der Waals surface area contributed by atoms with Crippen molar-refractivity contribution in [1.82, 2.24) is 9.78 Å². The predicted molar refractivity (Wildman–Crippen MR) is 46.2 cm³/mol. The molecule has 17 heavy (non-hydrogen) atoms. The second-order valence-electron chi connectivity index (χ2n) is 3.10. The first-order valence-corrected chi connectivity index (χ1v) is 4.18. The summed E-state index contributed by atoms with van der Waals surface area (Å²) in [7, 11) is 0. The van der Waals surface area contributed by atoms with E-state index in [1.54, 1.807) is 0 Å². The van der Waals surface area contributed by atoms with Gasteiger partial charge in [0.05, 0.1) is 11.2 Å². The van der Waals surface area contributed by atoms with Gasteiger partial charge >= 0.3 is 18.0 Å². The summed E-state index contributed by atoms with van der Waals surface area (Å²) in [5.41, 5.74) is -1.47. The van der Waals surface area contributed by atoms with Crippen LogP contribution in [0.2, 0.25) is 0 Å². The molecule has 0 radical (unpaired) electrons. The quantitative estimate of drug-likeness (QED) is 0.649. The van der Waals surface area contributed by atoms with Gasteiger partial charge in [-0.15, -0.1) is 0 Å². The van der Waals surface area contributed by atoms with Gasteiger partial charge in [-0.1, -0.05) is 0 Å². The molecular formula is C7H6F3N3O4. The van der Waals surface area contributed by atoms with E-state index in [2.05, 4.69) is 5.10 Å². The van der Waals surface area contributed by atoms with Crippen molar-refractivity contribution >= 4 is 11.8 Å². The molecule has 1 heterocycles. The van der Waals surface area contributed by atoms with E-state index in [1.807, 2.05) is 0 Å². The van der Waals surface area contributed by atoms with Gasteiger partial charge in [-0.25, -0.2) is 4.79 Å². The van der Waals surface area contributed by atoms with E-state index >= 15 is 0 Å². The van der Waals surface area contributed by atoms with Gasteiger partial charge in [0.15, 0.2) is 11.7 Å². The first kappa shape index (κ1) is 12.9. The molecule has 1 atom stereocenters. The molecule has 0 spiro atoms. The Kier molecular flexibility index (Phi) is 3.07. The van der Waals surface area contributed by atoms with E-state index in [4.69, 9.17) is 5.11 Å². The van der Waals surface area contributed by atoms with Gasteiger partial charge in [0.2, 0.25) is 0 Å². The number of carboxylic acid groups (broad SMARTS) is 1. The number of carboxylic acids is 1. The highest BCUT2D eigenvalue weighted by Crippen LogP contribution is 2.33. The van der Waals surface area contributed by atoms with Crippen molar-refractivity contribution in [2.75, 3.05) is 0 Å². The Morgan fingerprint density at radius 2 is 2.18 bits per heavy atom. The van der Waals surface area contributed by atoms with Crippen molar-refractivity contribution in [2.45, 2.75) is 19.1 Å². The maximum Gasteiger partial charge on any atom is 0.435 e. The molecule has 0 aliphatic heterocycles. The van der Waals surface area contributed by atoms with Crippen molar-refractivity contribution in [3.05, 3.63) is 21.9 Å². The van der Waals surface area contributed by atoms with Crippen LogP contribution in [-0.2, 0) is 11.0 Å². The Hall–Kier alpha value is -2.13. The minimum Gasteiger partial charge on any atom is -0.480 e. The highest BCUT2D eigenvalue weighted by molar-refractivity contribution is 5.71. The summed E-state index contributed by atoms with van der Waals surface area (Å²) in [6, 6.07) is -1.46. The summed E-state index contributed by atoms with van der Waals surface area (Å²) >= 11 is 0. The zero-order valence-corrected chi connectivity index (χ0v) is 8.30. The summed E-state index contributed by atoms with van der Waals surface area (Å²) in [4.78, 5) is 19.7. The molecule has 1 aromatic rings. The van der Waals surface area contributed by atoms with E-state index in [9.17, 15) is 28.1 Å². The van der Waals surface area contributed by atoms with Crippen LogP contribution in [0.5, 0.6) is 0 Å². The van der Waals surface area contributed by atoms with Gasteiger partial charge in [0.25, 0.3) is 0 Å². The smallest absolute Gasteiger partial charge is 0.435 e. The first-order valence-electron chi connectivity index (χ1n) is 4.18. The number of hydrogen-bond donors (Lipinski definition) is 1. The minimum absolute atomic E-state index is 0.0699. The zero-order valence-electron chi connectivity index (χ0n) is 8.30. The molecule has 0 aliphatic carbocycles.